The summed E-state index contributed by atoms with van der Waals surface area (Å²) in [5.41, 5.74) is 4.50. The first kappa shape index (κ1) is 8.80. The SMILES string of the molecule is [CH2]C(C)c1cccc(C)c1C1CC1. The van der Waals surface area contributed by atoms with Gasteiger partial charge in [0, 0.05) is 0 Å². The van der Waals surface area contributed by atoms with Crippen LogP contribution < -0.4 is 0 Å². The van der Waals surface area contributed by atoms with Crippen LogP contribution in [-0.4, -0.2) is 0 Å². The third-order valence-corrected chi connectivity index (χ3v) is 2.87. The molecule has 0 aromatic heterocycles. The molecule has 0 N–H and O–H groups in total. The number of hydrogen-bond acceptors (Lipinski definition) is 0. The van der Waals surface area contributed by atoms with Crippen molar-refractivity contribution in [1.82, 2.24) is 0 Å². The summed E-state index contributed by atoms with van der Waals surface area (Å²) in [7, 11) is 0. The summed E-state index contributed by atoms with van der Waals surface area (Å²) < 4.78 is 0. The van der Waals surface area contributed by atoms with Crippen LogP contribution in [0.2, 0.25) is 0 Å². The van der Waals surface area contributed by atoms with Gasteiger partial charge >= 0.3 is 0 Å². The van der Waals surface area contributed by atoms with Crippen molar-refractivity contribution in [1.29, 1.82) is 0 Å². The smallest absolute Gasteiger partial charge is 0.0156 e. The van der Waals surface area contributed by atoms with Gasteiger partial charge in [-0.15, -0.1) is 0 Å². The van der Waals surface area contributed by atoms with Crippen LogP contribution in [-0.2, 0) is 0 Å². The van der Waals surface area contributed by atoms with Crippen molar-refractivity contribution in [3.05, 3.63) is 41.8 Å². The molecular weight excluding hydrogens is 156 g/mol. The third-order valence-electron chi connectivity index (χ3n) is 2.87. The van der Waals surface area contributed by atoms with E-state index in [2.05, 4.69) is 39.0 Å². The summed E-state index contributed by atoms with van der Waals surface area (Å²) in [6, 6.07) is 6.61. The van der Waals surface area contributed by atoms with Crippen LogP contribution in [0.25, 0.3) is 0 Å². The molecule has 2 rings (SSSR count). The monoisotopic (exact) mass is 173 g/mol. The number of aryl methyl sites for hydroxylation is 1. The van der Waals surface area contributed by atoms with Gasteiger partial charge in [-0.1, -0.05) is 25.1 Å². The first-order valence-electron chi connectivity index (χ1n) is 5.12. The van der Waals surface area contributed by atoms with E-state index in [-0.39, 0.29) is 0 Å². The Bertz CT molecular complexity index is 306. The lowest BCUT2D eigenvalue weighted by Gasteiger charge is -2.14. The van der Waals surface area contributed by atoms with Crippen molar-refractivity contribution in [3.8, 4) is 0 Å². The molecule has 0 spiro atoms. The Kier molecular flexibility index (Phi) is 2.15. The Morgan fingerprint density at radius 2 is 2.08 bits per heavy atom. The van der Waals surface area contributed by atoms with Crippen LogP contribution in [0.3, 0.4) is 0 Å². The second-order valence-corrected chi connectivity index (χ2v) is 4.25. The summed E-state index contributed by atoms with van der Waals surface area (Å²) >= 11 is 0. The summed E-state index contributed by atoms with van der Waals surface area (Å²) in [4.78, 5) is 0. The Hall–Kier alpha value is -0.780. The van der Waals surface area contributed by atoms with E-state index in [9.17, 15) is 0 Å². The molecule has 0 aliphatic heterocycles. The first-order valence-corrected chi connectivity index (χ1v) is 5.12. The van der Waals surface area contributed by atoms with Crippen molar-refractivity contribution < 1.29 is 0 Å². The Labute approximate surface area is 81.0 Å². The van der Waals surface area contributed by atoms with E-state index < -0.39 is 0 Å². The highest BCUT2D eigenvalue weighted by Gasteiger charge is 2.27. The molecule has 1 atom stereocenters. The lowest BCUT2D eigenvalue weighted by Crippen LogP contribution is -1.97. The molecule has 1 aromatic rings. The van der Waals surface area contributed by atoms with Gasteiger partial charge in [0.1, 0.15) is 0 Å². The van der Waals surface area contributed by atoms with E-state index in [4.69, 9.17) is 0 Å². The minimum atomic E-state index is 0.426. The first-order chi connectivity index (χ1) is 6.20. The van der Waals surface area contributed by atoms with Gasteiger partial charge in [0.2, 0.25) is 0 Å². The van der Waals surface area contributed by atoms with E-state index in [1.807, 2.05) is 0 Å². The Morgan fingerprint density at radius 3 is 2.62 bits per heavy atom. The quantitative estimate of drug-likeness (QED) is 0.638. The zero-order valence-corrected chi connectivity index (χ0v) is 8.51. The molecule has 0 heteroatoms. The molecule has 1 radical (unpaired) electrons. The summed E-state index contributed by atoms with van der Waals surface area (Å²) in [6.45, 7) is 8.52. The molecule has 1 fully saturated rings. The summed E-state index contributed by atoms with van der Waals surface area (Å²) in [5.74, 6) is 1.27. The Morgan fingerprint density at radius 1 is 1.38 bits per heavy atom. The fourth-order valence-corrected chi connectivity index (χ4v) is 2.06. The lowest BCUT2D eigenvalue weighted by molar-refractivity contribution is 0.913. The highest BCUT2D eigenvalue weighted by molar-refractivity contribution is 5.41. The second kappa shape index (κ2) is 3.17. The van der Waals surface area contributed by atoms with Crippen molar-refractivity contribution >= 4 is 0 Å². The van der Waals surface area contributed by atoms with Crippen LogP contribution in [0.15, 0.2) is 18.2 Å². The van der Waals surface area contributed by atoms with Crippen LogP contribution in [0.5, 0.6) is 0 Å². The van der Waals surface area contributed by atoms with Gasteiger partial charge in [-0.3, -0.25) is 0 Å². The van der Waals surface area contributed by atoms with E-state index in [1.165, 1.54) is 24.0 Å². The maximum absolute atomic E-state index is 4.12. The molecule has 1 aliphatic rings. The highest BCUT2D eigenvalue weighted by atomic mass is 14.3. The maximum Gasteiger partial charge on any atom is -0.0156 e. The molecule has 1 aliphatic carbocycles. The van der Waals surface area contributed by atoms with Gasteiger partial charge in [-0.25, -0.2) is 0 Å². The lowest BCUT2D eigenvalue weighted by atomic mass is 9.91. The van der Waals surface area contributed by atoms with Crippen molar-refractivity contribution in [2.24, 2.45) is 0 Å². The van der Waals surface area contributed by atoms with Crippen LogP contribution in [0.4, 0.5) is 0 Å². The van der Waals surface area contributed by atoms with E-state index in [0.29, 0.717) is 5.92 Å². The summed E-state index contributed by atoms with van der Waals surface area (Å²) in [6.07, 6.45) is 2.76. The topological polar surface area (TPSA) is 0 Å². The molecule has 0 saturated heterocycles. The minimum Gasteiger partial charge on any atom is -0.0617 e. The molecule has 13 heavy (non-hydrogen) atoms. The molecule has 0 bridgehead atoms. The van der Waals surface area contributed by atoms with E-state index in [1.54, 1.807) is 5.56 Å². The average Bonchev–Trinajstić information content (AvgIpc) is 2.86. The van der Waals surface area contributed by atoms with Gasteiger partial charge in [-0.05, 0) is 55.2 Å². The second-order valence-electron chi connectivity index (χ2n) is 4.25. The van der Waals surface area contributed by atoms with Gasteiger partial charge in [0.15, 0.2) is 0 Å². The molecule has 0 amide bonds. The van der Waals surface area contributed by atoms with Crippen LogP contribution in [0, 0.1) is 13.8 Å². The van der Waals surface area contributed by atoms with E-state index >= 15 is 0 Å². The predicted molar refractivity (Wildman–Crippen MR) is 56.9 cm³/mol. The number of rotatable bonds is 2. The molecule has 0 nitrogen and oxygen atoms in total. The van der Waals surface area contributed by atoms with Crippen molar-refractivity contribution in [2.45, 2.75) is 38.5 Å². The average molecular weight is 173 g/mol. The van der Waals surface area contributed by atoms with E-state index in [0.717, 1.165) is 5.92 Å². The number of hydrogen-bond donors (Lipinski definition) is 0. The molecule has 0 heterocycles. The maximum atomic E-state index is 4.12. The van der Waals surface area contributed by atoms with Crippen LogP contribution >= 0.6 is 0 Å². The van der Waals surface area contributed by atoms with Gasteiger partial charge in [0.25, 0.3) is 0 Å². The van der Waals surface area contributed by atoms with Gasteiger partial charge in [-0.2, -0.15) is 0 Å². The predicted octanol–water partition coefficient (Wildman–Crippen LogP) is 3.81. The van der Waals surface area contributed by atoms with Gasteiger partial charge in [0.05, 0.1) is 0 Å². The molecule has 1 aromatic carbocycles. The third kappa shape index (κ3) is 1.63. The largest absolute Gasteiger partial charge is 0.0617 e. The zero-order valence-electron chi connectivity index (χ0n) is 8.51. The zero-order chi connectivity index (χ0) is 9.42. The van der Waals surface area contributed by atoms with Crippen molar-refractivity contribution in [3.63, 3.8) is 0 Å². The highest BCUT2D eigenvalue weighted by Crippen LogP contribution is 2.44. The number of benzene rings is 1. The molecule has 1 unspecified atom stereocenters. The van der Waals surface area contributed by atoms with Gasteiger partial charge < -0.3 is 0 Å². The fraction of sp³-hybridized carbons (Fsp3) is 0.462. The molecular formula is C13H17. The molecule has 69 valence electrons. The van der Waals surface area contributed by atoms with Crippen molar-refractivity contribution in [2.75, 3.05) is 0 Å². The fourth-order valence-electron chi connectivity index (χ4n) is 2.06. The normalized spacial score (nSPS) is 16.6. The molecule has 1 saturated carbocycles. The summed E-state index contributed by atoms with van der Waals surface area (Å²) in [5, 5.41) is 0. The Balaban J connectivity index is 2.47. The minimum absolute atomic E-state index is 0.426. The standard InChI is InChI=1S/C13H17/c1-9(2)12-6-4-5-10(3)13(12)11-7-8-11/h4-6,9,11H,1,7-8H2,2-3H3. The van der Waals surface area contributed by atoms with Crippen LogP contribution in [0.1, 0.15) is 48.3 Å².